The van der Waals surface area contributed by atoms with E-state index in [0.29, 0.717) is 29.4 Å². The van der Waals surface area contributed by atoms with Gasteiger partial charge in [-0.15, -0.1) is 0 Å². The van der Waals surface area contributed by atoms with Gasteiger partial charge in [-0.1, -0.05) is 54.1 Å². The van der Waals surface area contributed by atoms with Crippen molar-refractivity contribution in [3.05, 3.63) is 94.8 Å². The third-order valence-electron chi connectivity index (χ3n) is 5.92. The Hall–Kier alpha value is -2.64. The molecule has 1 aliphatic rings. The average Bonchev–Trinajstić information content (AvgIpc) is 2.84. The predicted molar refractivity (Wildman–Crippen MR) is 128 cm³/mol. The highest BCUT2D eigenvalue weighted by Crippen LogP contribution is 2.37. The Kier molecular flexibility index (Phi) is 7.83. The maximum absolute atomic E-state index is 13.2. The Morgan fingerprint density at radius 3 is 2.48 bits per heavy atom. The van der Waals surface area contributed by atoms with Crippen molar-refractivity contribution in [1.82, 2.24) is 4.90 Å². The van der Waals surface area contributed by atoms with Crippen LogP contribution >= 0.6 is 11.6 Å². The van der Waals surface area contributed by atoms with E-state index < -0.39 is 6.10 Å². The lowest BCUT2D eigenvalue weighted by atomic mass is 10.0. The largest absolute Gasteiger partial charge is 0.491 e. The van der Waals surface area contributed by atoms with Gasteiger partial charge in [-0.2, -0.15) is 0 Å². The molecular formula is C26H28ClFN2O3. The van der Waals surface area contributed by atoms with Crippen LogP contribution in [0.3, 0.4) is 0 Å². The second-order valence-corrected chi connectivity index (χ2v) is 8.54. The SMILES string of the molecule is OCCOc1ccc(N2CCN(CC(O)c3ccc(F)cc3)C[C@H]2c2ccccc2)c(Cl)c1. The lowest BCUT2D eigenvalue weighted by Gasteiger charge is -2.44. The molecule has 33 heavy (non-hydrogen) atoms. The van der Waals surface area contributed by atoms with E-state index in [1.54, 1.807) is 18.2 Å². The molecule has 0 aliphatic carbocycles. The lowest BCUT2D eigenvalue weighted by Crippen LogP contribution is -2.49. The van der Waals surface area contributed by atoms with Crippen LogP contribution < -0.4 is 9.64 Å². The van der Waals surface area contributed by atoms with Gasteiger partial charge in [0.2, 0.25) is 0 Å². The van der Waals surface area contributed by atoms with Crippen LogP contribution in [0, 0.1) is 5.82 Å². The number of aliphatic hydroxyl groups is 2. The van der Waals surface area contributed by atoms with Crippen molar-refractivity contribution in [2.45, 2.75) is 12.1 Å². The van der Waals surface area contributed by atoms with E-state index in [4.69, 9.17) is 21.4 Å². The molecule has 0 spiro atoms. The third-order valence-corrected chi connectivity index (χ3v) is 6.23. The number of rotatable bonds is 8. The molecule has 3 aromatic rings. The smallest absolute Gasteiger partial charge is 0.123 e. The zero-order chi connectivity index (χ0) is 23.2. The van der Waals surface area contributed by atoms with Gasteiger partial charge in [0, 0.05) is 32.2 Å². The fraction of sp³-hybridized carbons (Fsp3) is 0.308. The van der Waals surface area contributed by atoms with Crippen LogP contribution in [0.15, 0.2) is 72.8 Å². The first-order valence-corrected chi connectivity index (χ1v) is 11.4. The molecule has 2 N–H and O–H groups in total. The number of halogens is 2. The summed E-state index contributed by atoms with van der Waals surface area (Å²) in [5.41, 5.74) is 2.78. The fourth-order valence-corrected chi connectivity index (χ4v) is 4.54. The van der Waals surface area contributed by atoms with Gasteiger partial charge in [0.05, 0.1) is 29.5 Å². The Morgan fingerprint density at radius 1 is 1.03 bits per heavy atom. The van der Waals surface area contributed by atoms with Gasteiger partial charge >= 0.3 is 0 Å². The van der Waals surface area contributed by atoms with Crippen LogP contribution in [0.4, 0.5) is 10.1 Å². The van der Waals surface area contributed by atoms with Gasteiger partial charge in [-0.25, -0.2) is 4.39 Å². The molecule has 3 aromatic carbocycles. The van der Waals surface area contributed by atoms with Crippen molar-refractivity contribution >= 4 is 17.3 Å². The van der Waals surface area contributed by atoms with Crippen LogP contribution in [-0.2, 0) is 0 Å². The topological polar surface area (TPSA) is 56.2 Å². The molecule has 0 radical (unpaired) electrons. The highest BCUT2D eigenvalue weighted by molar-refractivity contribution is 6.33. The maximum atomic E-state index is 13.2. The van der Waals surface area contributed by atoms with E-state index in [-0.39, 0.29) is 25.1 Å². The minimum absolute atomic E-state index is 0.0436. The number of anilines is 1. The van der Waals surface area contributed by atoms with Crippen molar-refractivity contribution in [2.24, 2.45) is 0 Å². The van der Waals surface area contributed by atoms with Crippen LogP contribution in [-0.4, -0.2) is 54.5 Å². The minimum Gasteiger partial charge on any atom is -0.491 e. The first kappa shape index (κ1) is 23.5. The number of piperazine rings is 1. The van der Waals surface area contributed by atoms with Gasteiger partial charge in [-0.05, 0) is 35.4 Å². The van der Waals surface area contributed by atoms with E-state index in [0.717, 1.165) is 24.3 Å². The second kappa shape index (κ2) is 11.0. The zero-order valence-electron chi connectivity index (χ0n) is 18.3. The van der Waals surface area contributed by atoms with Crippen molar-refractivity contribution in [3.63, 3.8) is 0 Å². The van der Waals surface area contributed by atoms with Crippen LogP contribution in [0.2, 0.25) is 5.02 Å². The zero-order valence-corrected chi connectivity index (χ0v) is 19.0. The molecule has 174 valence electrons. The fourth-order valence-electron chi connectivity index (χ4n) is 4.26. The summed E-state index contributed by atoms with van der Waals surface area (Å²) < 4.78 is 18.7. The summed E-state index contributed by atoms with van der Waals surface area (Å²) in [5.74, 6) is 0.309. The summed E-state index contributed by atoms with van der Waals surface area (Å²) in [6, 6.07) is 21.9. The monoisotopic (exact) mass is 470 g/mol. The highest BCUT2D eigenvalue weighted by Gasteiger charge is 2.30. The molecule has 1 saturated heterocycles. The number of aliphatic hydroxyl groups excluding tert-OH is 2. The number of hydrogen-bond acceptors (Lipinski definition) is 5. The first-order valence-electron chi connectivity index (χ1n) is 11.1. The molecular weight excluding hydrogens is 443 g/mol. The molecule has 1 heterocycles. The molecule has 1 fully saturated rings. The Balaban J connectivity index is 1.54. The normalized spacial score (nSPS) is 17.7. The molecule has 2 atom stereocenters. The molecule has 5 nitrogen and oxygen atoms in total. The number of nitrogens with zero attached hydrogens (tertiary/aromatic N) is 2. The molecule has 1 aliphatic heterocycles. The van der Waals surface area contributed by atoms with E-state index in [9.17, 15) is 9.50 Å². The average molecular weight is 471 g/mol. The highest BCUT2D eigenvalue weighted by atomic mass is 35.5. The van der Waals surface area contributed by atoms with Gasteiger partial charge < -0.3 is 19.8 Å². The van der Waals surface area contributed by atoms with E-state index in [2.05, 4.69) is 21.9 Å². The summed E-state index contributed by atoms with van der Waals surface area (Å²) in [6.07, 6.45) is -0.694. The lowest BCUT2D eigenvalue weighted by molar-refractivity contribution is 0.100. The van der Waals surface area contributed by atoms with Gasteiger partial charge in [0.1, 0.15) is 18.2 Å². The summed E-state index contributed by atoms with van der Waals surface area (Å²) >= 11 is 6.64. The number of benzene rings is 3. The molecule has 1 unspecified atom stereocenters. The second-order valence-electron chi connectivity index (χ2n) is 8.13. The third kappa shape index (κ3) is 5.84. The van der Waals surface area contributed by atoms with Crippen LogP contribution in [0.25, 0.3) is 0 Å². The minimum atomic E-state index is -0.694. The molecule has 0 amide bonds. The van der Waals surface area contributed by atoms with Crippen molar-refractivity contribution in [3.8, 4) is 5.75 Å². The van der Waals surface area contributed by atoms with Gasteiger partial charge in [0.25, 0.3) is 0 Å². The molecule has 0 bridgehead atoms. The standard InChI is InChI=1S/C26H28ClFN2O3/c27-23-16-22(33-15-14-31)10-11-24(23)30-13-12-29(17-25(30)19-4-2-1-3-5-19)18-26(32)20-6-8-21(28)9-7-20/h1-11,16,25-26,31-32H,12-15,17-18H2/t25-,26?/m0/s1. The summed E-state index contributed by atoms with van der Waals surface area (Å²) in [4.78, 5) is 4.52. The molecule has 0 aromatic heterocycles. The number of ether oxygens (including phenoxy) is 1. The maximum Gasteiger partial charge on any atom is 0.123 e. The van der Waals surface area contributed by atoms with E-state index in [1.807, 2.05) is 30.3 Å². The van der Waals surface area contributed by atoms with Crippen LogP contribution in [0.5, 0.6) is 5.75 Å². The molecule has 0 saturated carbocycles. The summed E-state index contributed by atoms with van der Waals surface area (Å²) in [5, 5.41) is 20.3. The number of hydrogen-bond donors (Lipinski definition) is 2. The van der Waals surface area contributed by atoms with E-state index >= 15 is 0 Å². The van der Waals surface area contributed by atoms with Gasteiger partial charge in [0.15, 0.2) is 0 Å². The van der Waals surface area contributed by atoms with Crippen molar-refractivity contribution < 1.29 is 19.3 Å². The van der Waals surface area contributed by atoms with Crippen molar-refractivity contribution in [1.29, 1.82) is 0 Å². The summed E-state index contributed by atoms with van der Waals surface area (Å²) in [6.45, 7) is 2.82. The van der Waals surface area contributed by atoms with Crippen LogP contribution in [0.1, 0.15) is 23.3 Å². The summed E-state index contributed by atoms with van der Waals surface area (Å²) in [7, 11) is 0. The van der Waals surface area contributed by atoms with Crippen molar-refractivity contribution in [2.75, 3.05) is 44.3 Å². The predicted octanol–water partition coefficient (Wildman–Crippen LogP) is 4.45. The molecule has 7 heteroatoms. The Labute approximate surface area is 198 Å². The number of β-amino-alcohol motifs (C(OH)–C–C–N with tert-alkyl or cyclic N) is 1. The Bertz CT molecular complexity index is 1040. The molecule has 4 rings (SSSR count). The Morgan fingerprint density at radius 2 is 1.79 bits per heavy atom. The first-order chi connectivity index (χ1) is 16.0. The quantitative estimate of drug-likeness (QED) is 0.509. The van der Waals surface area contributed by atoms with Gasteiger partial charge in [-0.3, -0.25) is 4.90 Å². The van der Waals surface area contributed by atoms with E-state index in [1.165, 1.54) is 12.1 Å².